The number of hydrogen-bond donors (Lipinski definition) is 0. The highest BCUT2D eigenvalue weighted by Gasteiger charge is 2.26. The molecule has 0 bridgehead atoms. The summed E-state index contributed by atoms with van der Waals surface area (Å²) in [6, 6.07) is 15.6. The number of halogens is 1. The molecular weight excluding hydrogens is 408 g/mol. The molecule has 0 radical (unpaired) electrons. The van der Waals surface area contributed by atoms with E-state index in [-0.39, 0.29) is 5.75 Å². The Hall–Kier alpha value is -1.65. The molecule has 0 N–H and O–H groups in total. The third-order valence-corrected chi connectivity index (χ3v) is 6.97. The van der Waals surface area contributed by atoms with Gasteiger partial charge in [0.05, 0.1) is 10.6 Å². The minimum atomic E-state index is -3.44. The van der Waals surface area contributed by atoms with Gasteiger partial charge in [0, 0.05) is 10.0 Å². The van der Waals surface area contributed by atoms with Crippen LogP contribution in [0.1, 0.15) is 42.0 Å². The zero-order valence-corrected chi connectivity index (χ0v) is 17.9. The van der Waals surface area contributed by atoms with Crippen LogP contribution < -0.4 is 0 Å². The molecule has 2 nitrogen and oxygen atoms in total. The molecule has 0 unspecified atom stereocenters. The van der Waals surface area contributed by atoms with Gasteiger partial charge in [0.15, 0.2) is 9.84 Å². The highest BCUT2D eigenvalue weighted by atomic mass is 79.9. The summed E-state index contributed by atoms with van der Waals surface area (Å²) in [5.41, 5.74) is 5.88. The van der Waals surface area contributed by atoms with E-state index in [9.17, 15) is 8.42 Å². The van der Waals surface area contributed by atoms with Crippen LogP contribution in [-0.4, -0.2) is 8.42 Å². The van der Waals surface area contributed by atoms with E-state index in [1.807, 2.05) is 50.2 Å². The Kier molecular flexibility index (Phi) is 5.27. The summed E-state index contributed by atoms with van der Waals surface area (Å²) in [5, 5.41) is 0. The van der Waals surface area contributed by atoms with Crippen LogP contribution in [0.3, 0.4) is 0 Å². The SMILES string of the molecule is Cc1cc(S(=O)(=O)Cc2cccc(Br)c2)c2c(C)ccc(C(C)C)cc1-2. The fourth-order valence-electron chi connectivity index (χ4n) is 3.32. The van der Waals surface area contributed by atoms with Crippen LogP contribution in [0.4, 0.5) is 0 Å². The van der Waals surface area contributed by atoms with E-state index in [4.69, 9.17) is 0 Å². The van der Waals surface area contributed by atoms with Crippen molar-refractivity contribution in [2.24, 2.45) is 0 Å². The van der Waals surface area contributed by atoms with Gasteiger partial charge in [-0.1, -0.05) is 60.1 Å². The van der Waals surface area contributed by atoms with Crippen molar-refractivity contribution >= 4 is 25.8 Å². The second-order valence-corrected chi connectivity index (χ2v) is 10.1. The normalized spacial score (nSPS) is 12.1. The van der Waals surface area contributed by atoms with Gasteiger partial charge in [0.2, 0.25) is 0 Å². The Morgan fingerprint density at radius 2 is 1.69 bits per heavy atom. The summed E-state index contributed by atoms with van der Waals surface area (Å²) in [6.07, 6.45) is 0. The second kappa shape index (κ2) is 7.16. The molecule has 0 spiro atoms. The molecule has 1 aromatic rings. The van der Waals surface area contributed by atoms with Gasteiger partial charge in [-0.2, -0.15) is 0 Å². The first-order chi connectivity index (χ1) is 12.2. The number of sulfone groups is 1. The van der Waals surface area contributed by atoms with E-state index in [1.54, 1.807) is 0 Å². The minimum absolute atomic E-state index is 0.0000790. The van der Waals surface area contributed by atoms with Gasteiger partial charge in [0.1, 0.15) is 0 Å². The van der Waals surface area contributed by atoms with Crippen molar-refractivity contribution in [3.63, 3.8) is 0 Å². The summed E-state index contributed by atoms with van der Waals surface area (Å²) in [5.74, 6) is 0.390. The van der Waals surface area contributed by atoms with Crippen molar-refractivity contribution in [2.75, 3.05) is 0 Å². The van der Waals surface area contributed by atoms with Gasteiger partial charge in [-0.25, -0.2) is 8.42 Å². The molecule has 0 heterocycles. The third kappa shape index (κ3) is 3.72. The largest absolute Gasteiger partial charge is 0.223 e. The van der Waals surface area contributed by atoms with Crippen molar-refractivity contribution < 1.29 is 8.42 Å². The predicted octanol–water partition coefficient (Wildman–Crippen LogP) is 6.27. The van der Waals surface area contributed by atoms with E-state index in [2.05, 4.69) is 41.9 Å². The average molecular weight is 431 g/mol. The smallest absolute Gasteiger partial charge is 0.183 e. The van der Waals surface area contributed by atoms with Gasteiger partial charge in [-0.05, 0) is 65.8 Å². The summed E-state index contributed by atoms with van der Waals surface area (Å²) in [4.78, 5) is 0.438. The van der Waals surface area contributed by atoms with E-state index in [0.29, 0.717) is 10.8 Å². The lowest BCUT2D eigenvalue weighted by molar-refractivity contribution is 0.596. The van der Waals surface area contributed by atoms with Crippen molar-refractivity contribution in [2.45, 2.75) is 44.3 Å². The number of rotatable bonds is 4. The zero-order chi connectivity index (χ0) is 19.1. The lowest BCUT2D eigenvalue weighted by Gasteiger charge is -2.08. The Bertz CT molecular complexity index is 1040. The summed E-state index contributed by atoms with van der Waals surface area (Å²) < 4.78 is 27.3. The lowest BCUT2D eigenvalue weighted by atomic mass is 10.0. The molecule has 2 aliphatic carbocycles. The molecule has 0 aromatic heterocycles. The topological polar surface area (TPSA) is 34.1 Å². The van der Waals surface area contributed by atoms with Crippen molar-refractivity contribution in [1.29, 1.82) is 0 Å². The molecule has 2 aliphatic rings. The first-order valence-electron chi connectivity index (χ1n) is 8.70. The van der Waals surface area contributed by atoms with Gasteiger partial charge < -0.3 is 0 Å². The van der Waals surface area contributed by atoms with Gasteiger partial charge in [-0.15, -0.1) is 0 Å². The predicted molar refractivity (Wildman–Crippen MR) is 112 cm³/mol. The van der Waals surface area contributed by atoms with Crippen LogP contribution in [0.25, 0.3) is 11.1 Å². The van der Waals surface area contributed by atoms with Crippen LogP contribution in [0, 0.1) is 13.8 Å². The van der Waals surface area contributed by atoms with E-state index >= 15 is 0 Å². The van der Waals surface area contributed by atoms with Crippen molar-refractivity contribution in [3.05, 3.63) is 75.3 Å². The van der Waals surface area contributed by atoms with Gasteiger partial charge >= 0.3 is 0 Å². The summed E-state index contributed by atoms with van der Waals surface area (Å²) in [6.45, 7) is 8.29. The zero-order valence-electron chi connectivity index (χ0n) is 15.5. The van der Waals surface area contributed by atoms with Crippen LogP contribution in [0.15, 0.2) is 57.9 Å². The monoisotopic (exact) mass is 430 g/mol. The molecule has 0 aliphatic heterocycles. The number of hydrogen-bond acceptors (Lipinski definition) is 2. The Morgan fingerprint density at radius 3 is 2.35 bits per heavy atom. The van der Waals surface area contributed by atoms with Gasteiger partial charge in [-0.3, -0.25) is 0 Å². The Labute approximate surface area is 164 Å². The molecule has 26 heavy (non-hydrogen) atoms. The molecule has 0 amide bonds. The average Bonchev–Trinajstić information content (AvgIpc) is 2.77. The Balaban J connectivity index is 2.15. The van der Waals surface area contributed by atoms with E-state index in [0.717, 1.165) is 32.3 Å². The molecule has 3 rings (SSSR count). The second-order valence-electron chi connectivity index (χ2n) is 7.18. The Morgan fingerprint density at radius 1 is 0.962 bits per heavy atom. The van der Waals surface area contributed by atoms with Crippen LogP contribution in [0.2, 0.25) is 0 Å². The third-order valence-electron chi connectivity index (χ3n) is 4.77. The van der Waals surface area contributed by atoms with E-state index in [1.165, 1.54) is 5.56 Å². The molecule has 136 valence electrons. The van der Waals surface area contributed by atoms with E-state index < -0.39 is 9.84 Å². The maximum Gasteiger partial charge on any atom is 0.183 e. The number of benzene rings is 1. The molecular formula is C22H23BrO2S. The molecule has 1 aromatic carbocycles. The highest BCUT2D eigenvalue weighted by Crippen LogP contribution is 2.39. The summed E-state index contributed by atoms with van der Waals surface area (Å²) >= 11 is 3.41. The number of fused-ring (bicyclic) bond motifs is 1. The maximum atomic E-state index is 13.2. The minimum Gasteiger partial charge on any atom is -0.223 e. The summed E-state index contributed by atoms with van der Waals surface area (Å²) in [7, 11) is -3.44. The molecule has 4 heteroatoms. The molecule has 0 saturated carbocycles. The first-order valence-corrected chi connectivity index (χ1v) is 11.1. The van der Waals surface area contributed by atoms with Crippen LogP contribution in [0.5, 0.6) is 0 Å². The molecule has 0 saturated heterocycles. The standard InChI is InChI=1S/C22H23BrO2S/c1-14(2)18-9-8-15(3)22-20(12-18)16(4)10-21(22)26(24,25)13-17-6-5-7-19(23)11-17/h5-12,14H,13H2,1-4H3. The fourth-order valence-corrected chi connectivity index (χ4v) is 5.48. The highest BCUT2D eigenvalue weighted by molar-refractivity contribution is 9.10. The lowest BCUT2D eigenvalue weighted by Crippen LogP contribution is -2.05. The van der Waals surface area contributed by atoms with Crippen LogP contribution in [-0.2, 0) is 15.6 Å². The maximum absolute atomic E-state index is 13.2. The van der Waals surface area contributed by atoms with Gasteiger partial charge in [0.25, 0.3) is 0 Å². The number of aryl methyl sites for hydroxylation is 2. The first kappa shape index (κ1) is 19.1. The quantitative estimate of drug-likeness (QED) is 0.488. The van der Waals surface area contributed by atoms with Crippen molar-refractivity contribution in [1.82, 2.24) is 0 Å². The molecule has 0 fully saturated rings. The van der Waals surface area contributed by atoms with Crippen LogP contribution >= 0.6 is 15.9 Å². The van der Waals surface area contributed by atoms with Crippen molar-refractivity contribution in [3.8, 4) is 11.1 Å². The fraction of sp³-hybridized carbons (Fsp3) is 0.273. The molecule has 0 atom stereocenters.